The van der Waals surface area contributed by atoms with Crippen LogP contribution in [0.15, 0.2) is 38.3 Å². The molecular formula is C12H30N2. The zero-order valence-corrected chi connectivity index (χ0v) is 10.9. The van der Waals surface area contributed by atoms with Gasteiger partial charge in [0.1, 0.15) is 0 Å². The van der Waals surface area contributed by atoms with E-state index in [4.69, 9.17) is 0 Å². The van der Waals surface area contributed by atoms with E-state index < -0.39 is 0 Å². The molecule has 0 saturated carbocycles. The first-order valence-electron chi connectivity index (χ1n) is 5.14. The largest absolute Gasteiger partial charge is 0.405 e. The van der Waals surface area contributed by atoms with Crippen LogP contribution in [0.4, 0.5) is 0 Å². The Morgan fingerprint density at radius 3 is 0.929 bits per heavy atom. The number of nitrogens with one attached hydrogen (secondary N) is 1. The molecule has 0 fully saturated rings. The summed E-state index contributed by atoms with van der Waals surface area (Å²) in [5.74, 6) is 0. The van der Waals surface area contributed by atoms with Crippen molar-refractivity contribution in [1.82, 2.24) is 5.32 Å². The third-order valence-electron chi connectivity index (χ3n) is 0.236. The van der Waals surface area contributed by atoms with Gasteiger partial charge >= 0.3 is 0 Å². The molecule has 88 valence electrons. The predicted octanol–water partition coefficient (Wildman–Crippen LogP) is 4.03. The number of rotatable bonds is 2. The molecule has 0 aromatic carbocycles. The predicted molar refractivity (Wildman–Crippen MR) is 72.0 cm³/mol. The lowest BCUT2D eigenvalue weighted by Gasteiger charge is -1.75. The average Bonchev–Trinajstić information content (AvgIpc) is 2.29. The van der Waals surface area contributed by atoms with E-state index in [0.717, 1.165) is 0 Å². The molecule has 0 aliphatic carbocycles. The van der Waals surface area contributed by atoms with Crippen molar-refractivity contribution in [3.8, 4) is 0 Å². The number of nitrogens with two attached hydrogens (primary N) is 1. The van der Waals surface area contributed by atoms with Gasteiger partial charge in [-0.1, -0.05) is 61.3 Å². The van der Waals surface area contributed by atoms with E-state index in [2.05, 4.69) is 30.8 Å². The van der Waals surface area contributed by atoms with E-state index >= 15 is 0 Å². The molecule has 2 heteroatoms. The van der Waals surface area contributed by atoms with Gasteiger partial charge in [-0.3, -0.25) is 0 Å². The molecule has 0 atom stereocenters. The van der Waals surface area contributed by atoms with Crippen molar-refractivity contribution >= 4 is 0 Å². The monoisotopic (exact) mass is 202 g/mol. The van der Waals surface area contributed by atoms with Crippen LogP contribution in [0.3, 0.4) is 0 Å². The molecule has 0 radical (unpaired) electrons. The van der Waals surface area contributed by atoms with Gasteiger partial charge in [0.15, 0.2) is 0 Å². The van der Waals surface area contributed by atoms with Gasteiger partial charge in [0.25, 0.3) is 0 Å². The van der Waals surface area contributed by atoms with Gasteiger partial charge in [0.05, 0.1) is 0 Å². The van der Waals surface area contributed by atoms with Crippen LogP contribution in [0.1, 0.15) is 41.5 Å². The van der Waals surface area contributed by atoms with Crippen LogP contribution in [0.5, 0.6) is 0 Å². The third-order valence-corrected chi connectivity index (χ3v) is 0.236. The van der Waals surface area contributed by atoms with Crippen LogP contribution in [-0.4, -0.2) is 0 Å². The van der Waals surface area contributed by atoms with Crippen molar-refractivity contribution in [2.24, 2.45) is 5.73 Å². The molecule has 0 rings (SSSR count). The van der Waals surface area contributed by atoms with Gasteiger partial charge in [0.2, 0.25) is 0 Å². The Hall–Kier alpha value is -1.18. The van der Waals surface area contributed by atoms with Gasteiger partial charge < -0.3 is 11.1 Å². The molecular weight excluding hydrogens is 172 g/mol. The highest BCUT2D eigenvalue weighted by Gasteiger charge is 1.43. The Labute approximate surface area is 91.6 Å². The molecule has 0 aliphatic rings. The van der Waals surface area contributed by atoms with Gasteiger partial charge in [0, 0.05) is 0 Å². The third kappa shape index (κ3) is 1550. The molecule has 0 spiro atoms. The van der Waals surface area contributed by atoms with Crippen molar-refractivity contribution < 1.29 is 0 Å². The lowest BCUT2D eigenvalue weighted by atomic mass is 10.9. The number of hydrogen-bond donors (Lipinski definition) is 2. The minimum absolute atomic E-state index is 1.25. The fourth-order valence-corrected chi connectivity index (χ4v) is 0.0833. The second-order valence-corrected chi connectivity index (χ2v) is 0.811. The quantitative estimate of drug-likeness (QED) is 0.709. The first-order valence-corrected chi connectivity index (χ1v) is 5.14. The molecule has 14 heavy (non-hydrogen) atoms. The summed E-state index contributed by atoms with van der Waals surface area (Å²) in [6.45, 7) is 21.9. The van der Waals surface area contributed by atoms with Crippen LogP contribution >= 0.6 is 0 Å². The smallest absolute Gasteiger partial charge is 0.00679 e. The average molecular weight is 202 g/mol. The second kappa shape index (κ2) is 174. The van der Waals surface area contributed by atoms with Crippen molar-refractivity contribution in [3.05, 3.63) is 38.3 Å². The van der Waals surface area contributed by atoms with Crippen LogP contribution in [0.25, 0.3) is 0 Å². The normalized spacial score (nSPS) is 4.14. The topological polar surface area (TPSA) is 38.0 Å². The van der Waals surface area contributed by atoms with E-state index in [1.54, 1.807) is 12.4 Å². The molecule has 2 nitrogen and oxygen atoms in total. The summed E-state index contributed by atoms with van der Waals surface area (Å²) >= 11 is 0. The van der Waals surface area contributed by atoms with Gasteiger partial charge in [-0.2, -0.15) is 0 Å². The summed E-state index contributed by atoms with van der Waals surface area (Å²) in [4.78, 5) is 0. The van der Waals surface area contributed by atoms with E-state index in [1.807, 2.05) is 41.5 Å². The lowest BCUT2D eigenvalue weighted by Crippen LogP contribution is -1.85. The zero-order valence-electron chi connectivity index (χ0n) is 10.9. The van der Waals surface area contributed by atoms with E-state index in [0.29, 0.717) is 0 Å². The molecule has 3 N–H and O–H groups in total. The minimum Gasteiger partial charge on any atom is -0.405 e. The molecule has 0 amide bonds. The first kappa shape index (κ1) is 29.3. The van der Waals surface area contributed by atoms with Crippen LogP contribution < -0.4 is 11.1 Å². The van der Waals surface area contributed by atoms with Crippen LogP contribution in [0.2, 0.25) is 0 Å². The van der Waals surface area contributed by atoms with Gasteiger partial charge in [-0.05, 0) is 18.6 Å². The standard InChI is InChI=1S/C4H7N.C2H5N.3C2H6/c1-3-5-4-2;1-2-3;3*1-2/h3-5H,1-2H2;2H,1,3H2;3*1-2H3. The summed E-state index contributed by atoms with van der Waals surface area (Å²) in [6, 6.07) is 0. The summed E-state index contributed by atoms with van der Waals surface area (Å²) in [5.41, 5.74) is 4.61. The maximum absolute atomic E-state index is 4.61. The Morgan fingerprint density at radius 1 is 0.786 bits per heavy atom. The lowest BCUT2D eigenvalue weighted by molar-refractivity contribution is 1.21. The Kier molecular flexibility index (Phi) is 364. The Bertz CT molecular complexity index is 62.7. The maximum Gasteiger partial charge on any atom is -0.00679 e. The highest BCUT2D eigenvalue weighted by atomic mass is 14.8. The Balaban J connectivity index is -0.0000000263. The van der Waals surface area contributed by atoms with E-state index in [1.165, 1.54) is 6.20 Å². The van der Waals surface area contributed by atoms with Crippen LogP contribution in [-0.2, 0) is 0 Å². The summed E-state index contributed by atoms with van der Waals surface area (Å²) < 4.78 is 0. The van der Waals surface area contributed by atoms with E-state index in [-0.39, 0.29) is 0 Å². The SMILES string of the molecule is C=CN.C=CNC=C.CC.CC.CC. The number of hydrogen-bond acceptors (Lipinski definition) is 2. The molecule has 0 aromatic rings. The van der Waals surface area contributed by atoms with Crippen LogP contribution in [0, 0.1) is 0 Å². The van der Waals surface area contributed by atoms with Crippen molar-refractivity contribution in [3.63, 3.8) is 0 Å². The fraction of sp³-hybridized carbons (Fsp3) is 0.500. The summed E-state index contributed by atoms with van der Waals surface area (Å²) in [6.07, 6.45) is 4.38. The molecule has 0 aliphatic heterocycles. The van der Waals surface area contributed by atoms with Crippen molar-refractivity contribution in [2.45, 2.75) is 41.5 Å². The first-order chi connectivity index (χ1) is 6.83. The Morgan fingerprint density at radius 2 is 0.929 bits per heavy atom. The summed E-state index contributed by atoms with van der Waals surface area (Å²) in [5, 5.41) is 2.64. The maximum atomic E-state index is 4.61. The minimum atomic E-state index is 1.25. The van der Waals surface area contributed by atoms with Gasteiger partial charge in [-0.25, -0.2) is 0 Å². The fourth-order valence-electron chi connectivity index (χ4n) is 0.0833. The molecule has 0 unspecified atom stereocenters. The van der Waals surface area contributed by atoms with Crippen molar-refractivity contribution in [2.75, 3.05) is 0 Å². The van der Waals surface area contributed by atoms with Crippen molar-refractivity contribution in [1.29, 1.82) is 0 Å². The molecule has 0 saturated heterocycles. The second-order valence-electron chi connectivity index (χ2n) is 0.811. The van der Waals surface area contributed by atoms with Gasteiger partial charge in [-0.15, -0.1) is 0 Å². The van der Waals surface area contributed by atoms with E-state index in [9.17, 15) is 0 Å². The molecule has 0 bridgehead atoms. The summed E-state index contributed by atoms with van der Waals surface area (Å²) in [7, 11) is 0. The highest BCUT2D eigenvalue weighted by molar-refractivity contribution is 4.72. The molecule has 0 heterocycles. The highest BCUT2D eigenvalue weighted by Crippen LogP contribution is 1.46. The zero-order chi connectivity index (χ0) is 12.8. The molecule has 0 aromatic heterocycles.